The zero-order valence-electron chi connectivity index (χ0n) is 8.47. The number of rotatable bonds is 4. The fourth-order valence-electron chi connectivity index (χ4n) is 1.25. The number of benzene rings is 1. The molecule has 0 spiro atoms. The molecule has 0 aliphatic heterocycles. The van der Waals surface area contributed by atoms with Gasteiger partial charge in [0.15, 0.2) is 11.5 Å². The van der Waals surface area contributed by atoms with Crippen molar-refractivity contribution in [2.24, 2.45) is 0 Å². The minimum absolute atomic E-state index is 0.0545. The Hall–Kier alpha value is -1.52. The quantitative estimate of drug-likeness (QED) is 0.690. The van der Waals surface area contributed by atoms with Gasteiger partial charge in [-0.2, -0.15) is 0 Å². The van der Waals surface area contributed by atoms with E-state index in [1.807, 2.05) is 0 Å². The van der Waals surface area contributed by atoms with Gasteiger partial charge in [-0.25, -0.2) is 0 Å². The Kier molecular flexibility index (Phi) is 4.15. The molecule has 0 atom stereocenters. The number of phenols is 1. The van der Waals surface area contributed by atoms with Crippen LogP contribution in [0.1, 0.15) is 11.1 Å². The van der Waals surface area contributed by atoms with E-state index in [0.717, 1.165) is 5.56 Å². The summed E-state index contributed by atoms with van der Waals surface area (Å²) in [7, 11) is 1.44. The van der Waals surface area contributed by atoms with Crippen molar-refractivity contribution in [3.63, 3.8) is 0 Å². The van der Waals surface area contributed by atoms with Gasteiger partial charge >= 0.3 is 0 Å². The van der Waals surface area contributed by atoms with E-state index in [1.165, 1.54) is 7.11 Å². The predicted octanol–water partition coefficient (Wildman–Crippen LogP) is 0.899. The summed E-state index contributed by atoms with van der Waals surface area (Å²) in [5.74, 6) is 0.250. The summed E-state index contributed by atoms with van der Waals surface area (Å²) < 4.78 is 4.95. The Balaban J connectivity index is 3.14. The molecule has 0 bridgehead atoms. The highest BCUT2D eigenvalue weighted by atomic mass is 16.5. The Morgan fingerprint density at radius 3 is 2.60 bits per heavy atom. The van der Waals surface area contributed by atoms with Gasteiger partial charge in [0.05, 0.1) is 20.3 Å². The van der Waals surface area contributed by atoms with Crippen molar-refractivity contribution < 1.29 is 20.1 Å². The molecule has 0 unspecified atom stereocenters. The minimum Gasteiger partial charge on any atom is -0.504 e. The number of hydrogen-bond acceptors (Lipinski definition) is 4. The average molecular weight is 210 g/mol. The fraction of sp³-hybridized carbons (Fsp3) is 0.273. The van der Waals surface area contributed by atoms with Gasteiger partial charge in [-0.1, -0.05) is 12.2 Å². The smallest absolute Gasteiger partial charge is 0.163 e. The maximum absolute atomic E-state index is 9.58. The molecule has 0 radical (unpaired) electrons. The second-order valence-electron chi connectivity index (χ2n) is 2.97. The molecule has 1 aromatic rings. The molecule has 0 aliphatic carbocycles. The van der Waals surface area contributed by atoms with Gasteiger partial charge < -0.3 is 20.1 Å². The van der Waals surface area contributed by atoms with Crippen LogP contribution in [0.25, 0.3) is 6.08 Å². The molecule has 15 heavy (non-hydrogen) atoms. The monoisotopic (exact) mass is 210 g/mol. The van der Waals surface area contributed by atoms with E-state index in [4.69, 9.17) is 14.9 Å². The molecule has 0 fully saturated rings. The van der Waals surface area contributed by atoms with Crippen LogP contribution in [-0.2, 0) is 6.61 Å². The largest absolute Gasteiger partial charge is 0.504 e. The molecule has 1 rings (SSSR count). The zero-order chi connectivity index (χ0) is 11.3. The third kappa shape index (κ3) is 2.71. The number of aliphatic hydroxyl groups is 2. The number of hydrogen-bond donors (Lipinski definition) is 3. The molecule has 4 heteroatoms. The highest BCUT2D eigenvalue weighted by Gasteiger charge is 2.08. The van der Waals surface area contributed by atoms with E-state index in [9.17, 15) is 5.11 Å². The highest BCUT2D eigenvalue weighted by Crippen LogP contribution is 2.31. The van der Waals surface area contributed by atoms with E-state index in [2.05, 4.69) is 0 Å². The van der Waals surface area contributed by atoms with Crippen molar-refractivity contribution >= 4 is 6.08 Å². The molecule has 0 amide bonds. The van der Waals surface area contributed by atoms with Gasteiger partial charge in [0, 0.05) is 5.56 Å². The lowest BCUT2D eigenvalue weighted by Gasteiger charge is -2.08. The molecule has 0 aromatic heterocycles. The maximum Gasteiger partial charge on any atom is 0.163 e. The first-order valence-corrected chi connectivity index (χ1v) is 4.51. The minimum atomic E-state index is -0.261. The first-order valence-electron chi connectivity index (χ1n) is 4.51. The van der Waals surface area contributed by atoms with E-state index >= 15 is 0 Å². The van der Waals surface area contributed by atoms with Crippen LogP contribution in [0, 0.1) is 0 Å². The Morgan fingerprint density at radius 1 is 1.33 bits per heavy atom. The molecule has 0 saturated carbocycles. The number of aliphatic hydroxyl groups excluding tert-OH is 2. The summed E-state index contributed by atoms with van der Waals surface area (Å²) >= 11 is 0. The van der Waals surface area contributed by atoms with Gasteiger partial charge in [-0.05, 0) is 17.7 Å². The van der Waals surface area contributed by atoms with Gasteiger partial charge in [-0.3, -0.25) is 0 Å². The van der Waals surface area contributed by atoms with Gasteiger partial charge in [0.2, 0.25) is 0 Å². The molecule has 82 valence electrons. The second kappa shape index (κ2) is 5.38. The summed E-state index contributed by atoms with van der Waals surface area (Å²) in [6, 6.07) is 3.25. The summed E-state index contributed by atoms with van der Waals surface area (Å²) in [4.78, 5) is 0. The fourth-order valence-corrected chi connectivity index (χ4v) is 1.25. The molecule has 0 heterocycles. The van der Waals surface area contributed by atoms with Crippen molar-refractivity contribution in [3.8, 4) is 11.5 Å². The molecule has 1 aromatic carbocycles. The van der Waals surface area contributed by atoms with Gasteiger partial charge in [0.25, 0.3) is 0 Å². The highest BCUT2D eigenvalue weighted by molar-refractivity contribution is 5.58. The lowest BCUT2D eigenvalue weighted by Crippen LogP contribution is -1.91. The Bertz CT molecular complexity index is 333. The normalized spacial score (nSPS) is 10.9. The third-order valence-electron chi connectivity index (χ3n) is 1.98. The Morgan fingerprint density at radius 2 is 2.07 bits per heavy atom. The SMILES string of the molecule is COc1cc(C=CCO)cc(CO)c1O. The van der Waals surface area contributed by atoms with Crippen LogP contribution in [0.5, 0.6) is 11.5 Å². The number of ether oxygens (including phenoxy) is 1. The molecule has 3 N–H and O–H groups in total. The van der Waals surface area contributed by atoms with E-state index in [0.29, 0.717) is 11.3 Å². The summed E-state index contributed by atoms with van der Waals surface area (Å²) in [6.07, 6.45) is 3.24. The molecule has 0 aliphatic rings. The predicted molar refractivity (Wildman–Crippen MR) is 56.7 cm³/mol. The van der Waals surface area contributed by atoms with Crippen molar-refractivity contribution in [3.05, 3.63) is 29.3 Å². The van der Waals surface area contributed by atoms with Crippen LogP contribution in [-0.4, -0.2) is 29.0 Å². The number of aromatic hydroxyl groups is 1. The second-order valence-corrected chi connectivity index (χ2v) is 2.97. The van der Waals surface area contributed by atoms with Crippen molar-refractivity contribution in [1.82, 2.24) is 0 Å². The van der Waals surface area contributed by atoms with Crippen LogP contribution in [0.2, 0.25) is 0 Å². The number of methoxy groups -OCH3 is 1. The van der Waals surface area contributed by atoms with Gasteiger partial charge in [0.1, 0.15) is 0 Å². The molecule has 0 saturated heterocycles. The van der Waals surface area contributed by atoms with E-state index in [1.54, 1.807) is 24.3 Å². The topological polar surface area (TPSA) is 69.9 Å². The van der Waals surface area contributed by atoms with Crippen LogP contribution in [0.15, 0.2) is 18.2 Å². The third-order valence-corrected chi connectivity index (χ3v) is 1.98. The zero-order valence-corrected chi connectivity index (χ0v) is 8.47. The van der Waals surface area contributed by atoms with Crippen LogP contribution in [0.4, 0.5) is 0 Å². The molecular formula is C11H14O4. The van der Waals surface area contributed by atoms with Crippen molar-refractivity contribution in [2.75, 3.05) is 13.7 Å². The van der Waals surface area contributed by atoms with Gasteiger partial charge in [-0.15, -0.1) is 0 Å². The standard InChI is InChI=1S/C11H14O4/c1-15-10-6-8(3-2-4-12)5-9(7-13)11(10)14/h2-3,5-6,12-14H,4,7H2,1H3. The van der Waals surface area contributed by atoms with Crippen molar-refractivity contribution in [1.29, 1.82) is 0 Å². The lowest BCUT2D eigenvalue weighted by atomic mass is 10.1. The first-order chi connectivity index (χ1) is 7.22. The van der Waals surface area contributed by atoms with E-state index in [-0.39, 0.29) is 19.0 Å². The first kappa shape index (κ1) is 11.6. The maximum atomic E-state index is 9.58. The van der Waals surface area contributed by atoms with Crippen LogP contribution < -0.4 is 4.74 Å². The Labute approximate surface area is 88.1 Å². The summed E-state index contributed by atoms with van der Waals surface area (Å²) in [5, 5.41) is 27.2. The van der Waals surface area contributed by atoms with Crippen LogP contribution >= 0.6 is 0 Å². The van der Waals surface area contributed by atoms with Crippen molar-refractivity contribution in [2.45, 2.75) is 6.61 Å². The van der Waals surface area contributed by atoms with Crippen LogP contribution in [0.3, 0.4) is 0 Å². The lowest BCUT2D eigenvalue weighted by molar-refractivity contribution is 0.272. The molecular weight excluding hydrogens is 196 g/mol. The summed E-state index contributed by atoms with van der Waals surface area (Å²) in [6.45, 7) is -0.319. The summed E-state index contributed by atoms with van der Waals surface area (Å²) in [5.41, 5.74) is 1.15. The van der Waals surface area contributed by atoms with E-state index < -0.39 is 0 Å². The molecule has 4 nitrogen and oxygen atoms in total. The average Bonchev–Trinajstić information content (AvgIpc) is 2.27.